The van der Waals surface area contributed by atoms with Crippen molar-refractivity contribution in [1.82, 2.24) is 5.32 Å². The molecule has 0 aliphatic carbocycles. The fraction of sp³-hybridized carbons (Fsp3) is 0.545. The molecule has 1 rings (SSSR count). The minimum atomic E-state index is 0.159. The van der Waals surface area contributed by atoms with E-state index >= 15 is 0 Å². The van der Waals surface area contributed by atoms with E-state index in [1.807, 2.05) is 6.08 Å². The van der Waals surface area contributed by atoms with Gasteiger partial charge >= 0.3 is 0 Å². The van der Waals surface area contributed by atoms with Crippen LogP contribution >= 0.6 is 15.9 Å². The summed E-state index contributed by atoms with van der Waals surface area (Å²) in [6, 6.07) is 0.587. The normalized spacial score (nSPS) is 26.9. The van der Waals surface area contributed by atoms with Crippen LogP contribution in [0.25, 0.3) is 0 Å². The number of hydrogen-bond donors (Lipinski definition) is 1. The zero-order valence-corrected chi connectivity index (χ0v) is 10.0. The highest BCUT2D eigenvalue weighted by Gasteiger charge is 2.21. The van der Waals surface area contributed by atoms with Gasteiger partial charge in [0.25, 0.3) is 0 Å². The van der Waals surface area contributed by atoms with Gasteiger partial charge in [0.2, 0.25) is 0 Å². The Morgan fingerprint density at radius 3 is 3.14 bits per heavy atom. The molecule has 2 nitrogen and oxygen atoms in total. The van der Waals surface area contributed by atoms with Crippen LogP contribution in [0.2, 0.25) is 0 Å². The molecule has 1 aliphatic rings. The highest BCUT2D eigenvalue weighted by atomic mass is 79.9. The van der Waals surface area contributed by atoms with Gasteiger partial charge < -0.3 is 5.32 Å². The van der Waals surface area contributed by atoms with Crippen molar-refractivity contribution < 1.29 is 4.79 Å². The minimum absolute atomic E-state index is 0.159. The molecule has 0 saturated carbocycles. The van der Waals surface area contributed by atoms with Crippen molar-refractivity contribution in [3.63, 3.8) is 0 Å². The van der Waals surface area contributed by atoms with Crippen molar-refractivity contribution >= 4 is 21.7 Å². The fourth-order valence-electron chi connectivity index (χ4n) is 1.64. The van der Waals surface area contributed by atoms with E-state index in [0.29, 0.717) is 12.5 Å². The lowest BCUT2D eigenvalue weighted by Gasteiger charge is -2.28. The maximum atomic E-state index is 11.0. The van der Waals surface area contributed by atoms with Gasteiger partial charge in [0.1, 0.15) is 5.78 Å². The van der Waals surface area contributed by atoms with E-state index < -0.39 is 0 Å². The van der Waals surface area contributed by atoms with Crippen molar-refractivity contribution in [2.24, 2.45) is 0 Å². The number of nitrogens with one attached hydrogen (secondary N) is 1. The molecule has 1 N–H and O–H groups in total. The molecular weight excluding hydrogens is 242 g/mol. The number of ketones is 1. The standard InChI is InChI=1S/C11H16BrNO/c1-3-4-9-5-6-10(12)11(13-9)7-8(2)14/h3,6,9,11,13H,1,4-5,7H2,2H3/t9-,11-/m1/s1. The molecule has 0 spiro atoms. The van der Waals surface area contributed by atoms with Crippen LogP contribution in [0.4, 0.5) is 0 Å². The SMILES string of the molecule is C=CC[C@@H]1CC=C(Br)[C@@H](CC(C)=O)N1. The first kappa shape index (κ1) is 11.7. The number of rotatable bonds is 4. The topological polar surface area (TPSA) is 29.1 Å². The molecule has 14 heavy (non-hydrogen) atoms. The highest BCUT2D eigenvalue weighted by Crippen LogP contribution is 2.22. The van der Waals surface area contributed by atoms with E-state index in [2.05, 4.69) is 33.9 Å². The molecule has 1 aliphatic heterocycles. The first-order chi connectivity index (χ1) is 6.63. The Balaban J connectivity index is 2.56. The van der Waals surface area contributed by atoms with Crippen LogP contribution in [0, 0.1) is 0 Å². The summed E-state index contributed by atoms with van der Waals surface area (Å²) in [4.78, 5) is 11.0. The average molecular weight is 258 g/mol. The molecule has 0 fully saturated rings. The Labute approximate surface area is 93.6 Å². The zero-order valence-electron chi connectivity index (χ0n) is 8.42. The lowest BCUT2D eigenvalue weighted by Crippen LogP contribution is -2.42. The summed E-state index contributed by atoms with van der Waals surface area (Å²) < 4.78 is 1.10. The molecule has 3 heteroatoms. The van der Waals surface area contributed by atoms with Gasteiger partial charge in [-0.2, -0.15) is 0 Å². The number of carbonyl (C=O) groups is 1. The molecule has 0 bridgehead atoms. The van der Waals surface area contributed by atoms with Gasteiger partial charge in [0.15, 0.2) is 0 Å². The Hall–Kier alpha value is -0.410. The average Bonchev–Trinajstić information content (AvgIpc) is 2.10. The number of carbonyl (C=O) groups excluding carboxylic acids is 1. The molecule has 78 valence electrons. The Morgan fingerprint density at radius 2 is 2.57 bits per heavy atom. The van der Waals surface area contributed by atoms with Gasteiger partial charge in [-0.3, -0.25) is 4.79 Å². The number of halogens is 1. The summed E-state index contributed by atoms with van der Waals surface area (Å²) in [7, 11) is 0. The lowest BCUT2D eigenvalue weighted by molar-refractivity contribution is -0.117. The van der Waals surface area contributed by atoms with E-state index in [4.69, 9.17) is 0 Å². The van der Waals surface area contributed by atoms with Gasteiger partial charge in [-0.05, 0) is 19.8 Å². The van der Waals surface area contributed by atoms with E-state index in [-0.39, 0.29) is 11.8 Å². The molecular formula is C11H16BrNO. The van der Waals surface area contributed by atoms with Crippen LogP contribution < -0.4 is 5.32 Å². The predicted molar refractivity (Wildman–Crippen MR) is 62.5 cm³/mol. The molecule has 2 atom stereocenters. The van der Waals surface area contributed by atoms with E-state index in [9.17, 15) is 4.79 Å². The van der Waals surface area contributed by atoms with Crippen LogP contribution in [0.15, 0.2) is 23.2 Å². The van der Waals surface area contributed by atoms with E-state index in [1.54, 1.807) is 6.92 Å². The molecule has 1 heterocycles. The first-order valence-electron chi connectivity index (χ1n) is 4.85. The second kappa shape index (κ2) is 5.47. The number of hydrogen-bond acceptors (Lipinski definition) is 2. The minimum Gasteiger partial charge on any atom is -0.306 e. The highest BCUT2D eigenvalue weighted by molar-refractivity contribution is 9.11. The number of Topliss-reactive ketones (excluding diaryl/α,β-unsaturated/α-hetero) is 1. The van der Waals surface area contributed by atoms with Gasteiger partial charge in [-0.1, -0.05) is 28.1 Å². The van der Waals surface area contributed by atoms with E-state index in [0.717, 1.165) is 17.3 Å². The fourth-order valence-corrected chi connectivity index (χ4v) is 2.12. The molecule has 0 aromatic heterocycles. The van der Waals surface area contributed by atoms with Gasteiger partial charge in [-0.15, -0.1) is 6.58 Å². The van der Waals surface area contributed by atoms with Crippen LogP contribution in [0.5, 0.6) is 0 Å². The first-order valence-corrected chi connectivity index (χ1v) is 5.64. The van der Waals surface area contributed by atoms with Crippen LogP contribution in [-0.2, 0) is 4.79 Å². The summed E-state index contributed by atoms with van der Waals surface area (Å²) in [6.45, 7) is 5.34. The predicted octanol–water partition coefficient (Wildman–Crippen LogP) is 2.55. The largest absolute Gasteiger partial charge is 0.306 e. The van der Waals surface area contributed by atoms with Crippen LogP contribution in [0.1, 0.15) is 26.2 Å². The molecule has 0 radical (unpaired) electrons. The molecule has 0 saturated heterocycles. The maximum Gasteiger partial charge on any atom is 0.131 e. The summed E-state index contributed by atoms with van der Waals surface area (Å²) in [5.41, 5.74) is 0. The molecule has 0 amide bonds. The Morgan fingerprint density at radius 1 is 1.86 bits per heavy atom. The summed E-state index contributed by atoms with van der Waals surface area (Å²) in [6.07, 6.45) is 6.57. The quantitative estimate of drug-likeness (QED) is 0.785. The second-order valence-electron chi connectivity index (χ2n) is 3.67. The summed E-state index contributed by atoms with van der Waals surface area (Å²) in [5, 5.41) is 3.43. The van der Waals surface area contributed by atoms with Crippen molar-refractivity contribution in [3.8, 4) is 0 Å². The summed E-state index contributed by atoms with van der Waals surface area (Å²) in [5.74, 6) is 0.215. The van der Waals surface area contributed by atoms with Gasteiger partial charge in [0, 0.05) is 23.0 Å². The lowest BCUT2D eigenvalue weighted by atomic mass is 10.0. The summed E-state index contributed by atoms with van der Waals surface area (Å²) >= 11 is 3.48. The zero-order chi connectivity index (χ0) is 10.6. The Kier molecular flexibility index (Phi) is 4.55. The second-order valence-corrected chi connectivity index (χ2v) is 4.59. The Bertz CT molecular complexity index is 260. The van der Waals surface area contributed by atoms with Crippen LogP contribution in [0.3, 0.4) is 0 Å². The molecule has 0 aromatic carbocycles. The monoisotopic (exact) mass is 257 g/mol. The van der Waals surface area contributed by atoms with E-state index in [1.165, 1.54) is 0 Å². The smallest absolute Gasteiger partial charge is 0.131 e. The van der Waals surface area contributed by atoms with Crippen molar-refractivity contribution in [2.75, 3.05) is 0 Å². The molecule has 0 aromatic rings. The van der Waals surface area contributed by atoms with Gasteiger partial charge in [0.05, 0.1) is 0 Å². The van der Waals surface area contributed by atoms with Gasteiger partial charge in [-0.25, -0.2) is 0 Å². The third kappa shape index (κ3) is 3.39. The van der Waals surface area contributed by atoms with Crippen molar-refractivity contribution in [1.29, 1.82) is 0 Å². The maximum absolute atomic E-state index is 11.0. The van der Waals surface area contributed by atoms with Crippen LogP contribution in [-0.4, -0.2) is 17.9 Å². The third-order valence-corrected chi connectivity index (χ3v) is 3.19. The molecule has 0 unspecified atom stereocenters. The van der Waals surface area contributed by atoms with Crippen molar-refractivity contribution in [2.45, 2.75) is 38.3 Å². The van der Waals surface area contributed by atoms with Crippen molar-refractivity contribution in [3.05, 3.63) is 23.2 Å². The third-order valence-electron chi connectivity index (χ3n) is 2.31.